The molecule has 1 aromatic rings. The molecule has 3 nitrogen and oxygen atoms in total. The SMILES string of the molecule is CC.CCc1cnn(C2(C#N)CC2)c1. The summed E-state index contributed by atoms with van der Waals surface area (Å²) in [5.41, 5.74) is 0.921. The molecule has 1 aromatic heterocycles. The Balaban J connectivity index is 0.000000461. The summed E-state index contributed by atoms with van der Waals surface area (Å²) in [6, 6.07) is 2.31. The van der Waals surface area contributed by atoms with E-state index in [0.29, 0.717) is 0 Å². The smallest absolute Gasteiger partial charge is 0.149 e. The van der Waals surface area contributed by atoms with Gasteiger partial charge in [-0.05, 0) is 24.8 Å². The lowest BCUT2D eigenvalue weighted by Crippen LogP contribution is -2.14. The molecule has 14 heavy (non-hydrogen) atoms. The van der Waals surface area contributed by atoms with Gasteiger partial charge in [0.1, 0.15) is 5.54 Å². The molecule has 2 rings (SSSR count). The van der Waals surface area contributed by atoms with Crippen molar-refractivity contribution in [3.8, 4) is 6.07 Å². The Hall–Kier alpha value is -1.30. The van der Waals surface area contributed by atoms with E-state index in [2.05, 4.69) is 18.1 Å². The Kier molecular flexibility index (Phi) is 3.29. The average molecular weight is 191 g/mol. The third-order valence-electron chi connectivity index (χ3n) is 2.41. The third-order valence-corrected chi connectivity index (χ3v) is 2.41. The van der Waals surface area contributed by atoms with E-state index < -0.39 is 0 Å². The summed E-state index contributed by atoms with van der Waals surface area (Å²) < 4.78 is 1.81. The van der Waals surface area contributed by atoms with Gasteiger partial charge in [0.2, 0.25) is 0 Å². The summed E-state index contributed by atoms with van der Waals surface area (Å²) in [5.74, 6) is 0. The molecule has 3 heteroatoms. The fourth-order valence-electron chi connectivity index (χ4n) is 1.29. The quantitative estimate of drug-likeness (QED) is 0.720. The van der Waals surface area contributed by atoms with Crippen LogP contribution in [-0.2, 0) is 12.0 Å². The van der Waals surface area contributed by atoms with Gasteiger partial charge in [-0.1, -0.05) is 20.8 Å². The van der Waals surface area contributed by atoms with E-state index in [-0.39, 0.29) is 5.54 Å². The van der Waals surface area contributed by atoms with Gasteiger partial charge < -0.3 is 0 Å². The topological polar surface area (TPSA) is 41.6 Å². The Morgan fingerprint density at radius 1 is 1.57 bits per heavy atom. The van der Waals surface area contributed by atoms with Crippen molar-refractivity contribution in [2.45, 2.75) is 45.6 Å². The van der Waals surface area contributed by atoms with Crippen molar-refractivity contribution in [1.29, 1.82) is 5.26 Å². The standard InChI is InChI=1S/C9H11N3.C2H6/c1-2-8-5-11-12(6-8)9(7-10)3-4-9;1-2/h5-6H,2-4H2,1H3;1-2H3. The lowest BCUT2D eigenvalue weighted by Gasteiger charge is -2.03. The van der Waals surface area contributed by atoms with Crippen LogP contribution in [-0.4, -0.2) is 9.78 Å². The van der Waals surface area contributed by atoms with Gasteiger partial charge >= 0.3 is 0 Å². The second-order valence-electron chi connectivity index (χ2n) is 3.29. The maximum atomic E-state index is 8.88. The molecular formula is C11H17N3. The number of aryl methyl sites for hydroxylation is 1. The van der Waals surface area contributed by atoms with Crippen LogP contribution in [0.3, 0.4) is 0 Å². The van der Waals surface area contributed by atoms with Crippen LogP contribution < -0.4 is 0 Å². The van der Waals surface area contributed by atoms with E-state index in [1.165, 1.54) is 5.56 Å². The summed E-state index contributed by atoms with van der Waals surface area (Å²) in [6.45, 7) is 6.09. The average Bonchev–Trinajstić information content (AvgIpc) is 2.92. The number of hydrogen-bond donors (Lipinski definition) is 0. The van der Waals surface area contributed by atoms with Gasteiger partial charge in [-0.2, -0.15) is 10.4 Å². The number of rotatable bonds is 2. The van der Waals surface area contributed by atoms with Crippen LogP contribution in [0.4, 0.5) is 0 Å². The molecule has 0 saturated heterocycles. The van der Waals surface area contributed by atoms with Crippen molar-refractivity contribution >= 4 is 0 Å². The molecule has 1 aliphatic rings. The van der Waals surface area contributed by atoms with E-state index in [4.69, 9.17) is 5.26 Å². The lowest BCUT2D eigenvalue weighted by molar-refractivity contribution is 0.535. The maximum absolute atomic E-state index is 8.88. The highest BCUT2D eigenvalue weighted by atomic mass is 15.3. The van der Waals surface area contributed by atoms with Gasteiger partial charge in [0, 0.05) is 6.20 Å². The number of nitrogens with zero attached hydrogens (tertiary/aromatic N) is 3. The lowest BCUT2D eigenvalue weighted by atomic mass is 10.3. The monoisotopic (exact) mass is 191 g/mol. The molecule has 0 radical (unpaired) electrons. The van der Waals surface area contributed by atoms with Crippen molar-refractivity contribution in [3.63, 3.8) is 0 Å². The zero-order chi connectivity index (χ0) is 10.6. The molecule has 0 atom stereocenters. The highest BCUT2D eigenvalue weighted by molar-refractivity contribution is 5.18. The van der Waals surface area contributed by atoms with E-state index in [0.717, 1.165) is 19.3 Å². The Labute approximate surface area is 85.4 Å². The van der Waals surface area contributed by atoms with E-state index in [9.17, 15) is 0 Å². The van der Waals surface area contributed by atoms with Gasteiger partial charge in [-0.25, -0.2) is 0 Å². The summed E-state index contributed by atoms with van der Waals surface area (Å²) in [7, 11) is 0. The second-order valence-corrected chi connectivity index (χ2v) is 3.29. The van der Waals surface area contributed by atoms with Crippen LogP contribution in [0.15, 0.2) is 12.4 Å². The molecule has 76 valence electrons. The molecule has 0 bridgehead atoms. The van der Waals surface area contributed by atoms with Crippen LogP contribution in [0, 0.1) is 11.3 Å². The van der Waals surface area contributed by atoms with Crippen molar-refractivity contribution in [3.05, 3.63) is 18.0 Å². The maximum Gasteiger partial charge on any atom is 0.149 e. The zero-order valence-corrected chi connectivity index (χ0v) is 9.12. The Bertz CT molecular complexity index is 329. The van der Waals surface area contributed by atoms with Gasteiger partial charge in [-0.15, -0.1) is 0 Å². The summed E-state index contributed by atoms with van der Waals surface area (Å²) >= 11 is 0. The van der Waals surface area contributed by atoms with Gasteiger partial charge in [-0.3, -0.25) is 4.68 Å². The Morgan fingerprint density at radius 3 is 2.57 bits per heavy atom. The van der Waals surface area contributed by atoms with E-state index in [1.807, 2.05) is 30.9 Å². The second kappa shape index (κ2) is 4.28. The van der Waals surface area contributed by atoms with Crippen LogP contribution in [0.25, 0.3) is 0 Å². The summed E-state index contributed by atoms with van der Waals surface area (Å²) in [4.78, 5) is 0. The van der Waals surface area contributed by atoms with Crippen LogP contribution in [0.1, 0.15) is 39.2 Å². The summed E-state index contributed by atoms with van der Waals surface area (Å²) in [5, 5.41) is 13.1. The van der Waals surface area contributed by atoms with Gasteiger partial charge in [0.25, 0.3) is 0 Å². The molecule has 1 heterocycles. The highest BCUT2D eigenvalue weighted by Gasteiger charge is 2.46. The first kappa shape index (κ1) is 10.8. The summed E-state index contributed by atoms with van der Waals surface area (Å²) in [6.07, 6.45) is 6.72. The molecule has 1 fully saturated rings. The minimum atomic E-state index is -0.284. The van der Waals surface area contributed by atoms with Crippen LogP contribution in [0.5, 0.6) is 0 Å². The normalized spacial score (nSPS) is 16.4. The number of nitriles is 1. The first-order valence-electron chi connectivity index (χ1n) is 5.26. The molecule has 0 aromatic carbocycles. The molecule has 0 amide bonds. The van der Waals surface area contributed by atoms with Crippen molar-refractivity contribution < 1.29 is 0 Å². The molecule has 0 N–H and O–H groups in total. The first-order chi connectivity index (χ1) is 6.80. The molecule has 0 aliphatic heterocycles. The van der Waals surface area contributed by atoms with Crippen LogP contribution in [0.2, 0.25) is 0 Å². The van der Waals surface area contributed by atoms with E-state index >= 15 is 0 Å². The van der Waals surface area contributed by atoms with Crippen molar-refractivity contribution in [2.75, 3.05) is 0 Å². The fraction of sp³-hybridized carbons (Fsp3) is 0.636. The molecule has 1 saturated carbocycles. The fourth-order valence-corrected chi connectivity index (χ4v) is 1.29. The third kappa shape index (κ3) is 1.79. The molecule has 0 spiro atoms. The van der Waals surface area contributed by atoms with Crippen molar-refractivity contribution in [2.24, 2.45) is 0 Å². The predicted octanol–water partition coefficient (Wildman–Crippen LogP) is 2.48. The molecule has 1 aliphatic carbocycles. The molecule has 0 unspecified atom stereocenters. The minimum Gasteiger partial charge on any atom is -0.252 e. The molecular weight excluding hydrogens is 174 g/mol. The number of hydrogen-bond acceptors (Lipinski definition) is 2. The predicted molar refractivity (Wildman–Crippen MR) is 55.8 cm³/mol. The van der Waals surface area contributed by atoms with E-state index in [1.54, 1.807) is 0 Å². The number of aromatic nitrogens is 2. The van der Waals surface area contributed by atoms with Gasteiger partial charge in [0.05, 0.1) is 12.3 Å². The highest BCUT2D eigenvalue weighted by Crippen LogP contribution is 2.42. The van der Waals surface area contributed by atoms with Crippen molar-refractivity contribution in [1.82, 2.24) is 9.78 Å². The largest absolute Gasteiger partial charge is 0.252 e. The first-order valence-corrected chi connectivity index (χ1v) is 5.26. The minimum absolute atomic E-state index is 0.284. The Morgan fingerprint density at radius 2 is 2.21 bits per heavy atom. The van der Waals surface area contributed by atoms with Gasteiger partial charge in [0.15, 0.2) is 0 Å². The zero-order valence-electron chi connectivity index (χ0n) is 9.12. The van der Waals surface area contributed by atoms with Crippen LogP contribution >= 0.6 is 0 Å².